The normalized spacial score (nSPS) is 17.7. The van der Waals surface area contributed by atoms with E-state index in [0.717, 1.165) is 29.7 Å². The van der Waals surface area contributed by atoms with Gasteiger partial charge >= 0.3 is 0 Å². The SMILES string of the molecule is CC1(C)CC(c2ccccc2)c2ccc(OCC[N+](C)(C)Cc3ccccc3)cc2N1Br. The van der Waals surface area contributed by atoms with Gasteiger partial charge in [-0.2, -0.15) is 0 Å². The number of rotatable bonds is 7. The zero-order chi connectivity index (χ0) is 22.8. The minimum absolute atomic E-state index is 0.000689. The van der Waals surface area contributed by atoms with Crippen LogP contribution in [0.5, 0.6) is 5.75 Å². The fourth-order valence-electron chi connectivity index (χ4n) is 4.64. The molecule has 4 heteroatoms. The first-order chi connectivity index (χ1) is 15.3. The highest BCUT2D eigenvalue weighted by Gasteiger charge is 2.38. The van der Waals surface area contributed by atoms with Gasteiger partial charge in [0.25, 0.3) is 0 Å². The molecule has 0 aliphatic carbocycles. The van der Waals surface area contributed by atoms with E-state index in [9.17, 15) is 0 Å². The van der Waals surface area contributed by atoms with Gasteiger partial charge in [0.2, 0.25) is 0 Å². The van der Waals surface area contributed by atoms with E-state index < -0.39 is 0 Å². The molecule has 0 bridgehead atoms. The monoisotopic (exact) mass is 493 g/mol. The summed E-state index contributed by atoms with van der Waals surface area (Å²) in [6.07, 6.45) is 1.06. The molecular weight excluding hydrogens is 460 g/mol. The number of anilines is 1. The number of halogens is 1. The molecule has 0 N–H and O–H groups in total. The van der Waals surface area contributed by atoms with Crippen molar-refractivity contribution in [2.75, 3.05) is 31.2 Å². The Morgan fingerprint density at radius 2 is 1.62 bits per heavy atom. The van der Waals surface area contributed by atoms with Crippen LogP contribution in [0.4, 0.5) is 5.69 Å². The maximum absolute atomic E-state index is 6.24. The van der Waals surface area contributed by atoms with Crippen molar-refractivity contribution in [3.63, 3.8) is 0 Å². The van der Waals surface area contributed by atoms with Gasteiger partial charge in [-0.15, -0.1) is 0 Å². The Labute approximate surface area is 201 Å². The molecule has 0 spiro atoms. The van der Waals surface area contributed by atoms with Crippen molar-refractivity contribution in [3.05, 3.63) is 95.6 Å². The molecule has 1 aliphatic heterocycles. The molecule has 3 nitrogen and oxygen atoms in total. The fourth-order valence-corrected chi connectivity index (χ4v) is 5.10. The van der Waals surface area contributed by atoms with Crippen LogP contribution in [-0.2, 0) is 6.54 Å². The van der Waals surface area contributed by atoms with Crippen molar-refractivity contribution in [1.29, 1.82) is 0 Å². The molecule has 0 fully saturated rings. The van der Waals surface area contributed by atoms with E-state index in [1.807, 2.05) is 0 Å². The van der Waals surface area contributed by atoms with E-state index in [0.29, 0.717) is 12.5 Å². The molecule has 0 aromatic heterocycles. The third-order valence-corrected chi connectivity index (χ3v) is 7.79. The van der Waals surface area contributed by atoms with Crippen molar-refractivity contribution in [3.8, 4) is 5.75 Å². The smallest absolute Gasteiger partial charge is 0.137 e. The molecule has 1 unspecified atom stereocenters. The van der Waals surface area contributed by atoms with Crippen LogP contribution in [0.3, 0.4) is 0 Å². The van der Waals surface area contributed by atoms with E-state index in [-0.39, 0.29) is 5.54 Å². The molecule has 0 saturated carbocycles. The third kappa shape index (κ3) is 5.19. The molecule has 4 rings (SSSR count). The van der Waals surface area contributed by atoms with Gasteiger partial charge in [-0.1, -0.05) is 66.7 Å². The minimum atomic E-state index is 0.000689. The number of likely N-dealkylation sites (N-methyl/N-ethyl adjacent to an activating group) is 1. The van der Waals surface area contributed by atoms with Gasteiger partial charge < -0.3 is 13.1 Å². The second kappa shape index (κ2) is 9.29. The van der Waals surface area contributed by atoms with Crippen LogP contribution in [0.1, 0.15) is 42.9 Å². The second-order valence-electron chi connectivity index (χ2n) is 10.1. The van der Waals surface area contributed by atoms with E-state index >= 15 is 0 Å². The van der Waals surface area contributed by atoms with Gasteiger partial charge in [0.1, 0.15) is 25.4 Å². The standard InChI is InChI=1S/C28H34BrN2O/c1-28(2)20-26(23-13-9-6-10-14-23)25-16-15-24(19-27(25)30(28)29)32-18-17-31(3,4)21-22-11-7-5-8-12-22/h5-16,19,26H,17-18,20-21H2,1-4H3/q+1. The van der Waals surface area contributed by atoms with Crippen molar-refractivity contribution in [2.45, 2.75) is 38.3 Å². The zero-order valence-electron chi connectivity index (χ0n) is 19.6. The molecule has 3 aromatic rings. The third-order valence-electron chi connectivity index (χ3n) is 6.44. The van der Waals surface area contributed by atoms with Crippen LogP contribution in [0.15, 0.2) is 78.9 Å². The minimum Gasteiger partial charge on any atom is -0.488 e. The Balaban J connectivity index is 1.48. The lowest BCUT2D eigenvalue weighted by atomic mass is 9.77. The van der Waals surface area contributed by atoms with Crippen molar-refractivity contribution >= 4 is 21.8 Å². The summed E-state index contributed by atoms with van der Waals surface area (Å²) in [7, 11) is 4.52. The summed E-state index contributed by atoms with van der Waals surface area (Å²) in [4.78, 5) is 0. The average Bonchev–Trinajstić information content (AvgIpc) is 2.77. The molecule has 3 aromatic carbocycles. The van der Waals surface area contributed by atoms with Crippen LogP contribution in [0, 0.1) is 0 Å². The average molecular weight is 494 g/mol. The van der Waals surface area contributed by atoms with Crippen LogP contribution in [0.25, 0.3) is 0 Å². The topological polar surface area (TPSA) is 12.5 Å². The van der Waals surface area contributed by atoms with E-state index in [4.69, 9.17) is 4.74 Å². The summed E-state index contributed by atoms with van der Waals surface area (Å²) in [5.74, 6) is 1.31. The second-order valence-corrected chi connectivity index (χ2v) is 10.8. The van der Waals surface area contributed by atoms with Crippen molar-refractivity contribution in [1.82, 2.24) is 0 Å². The summed E-state index contributed by atoms with van der Waals surface area (Å²) in [5, 5.41) is 0. The first-order valence-electron chi connectivity index (χ1n) is 11.4. The lowest BCUT2D eigenvalue weighted by molar-refractivity contribution is -0.903. The van der Waals surface area contributed by atoms with Gasteiger partial charge in [0.05, 0.1) is 35.9 Å². The number of hydrogen-bond acceptors (Lipinski definition) is 2. The molecule has 0 saturated heterocycles. The molecule has 1 heterocycles. The van der Waals surface area contributed by atoms with Crippen molar-refractivity contribution in [2.24, 2.45) is 0 Å². The lowest BCUT2D eigenvalue weighted by Gasteiger charge is -2.44. The first kappa shape index (κ1) is 22.9. The van der Waals surface area contributed by atoms with Crippen LogP contribution < -0.4 is 8.66 Å². The lowest BCUT2D eigenvalue weighted by Crippen LogP contribution is -2.42. The molecule has 1 aliphatic rings. The number of nitrogens with zero attached hydrogens (tertiary/aromatic N) is 2. The zero-order valence-corrected chi connectivity index (χ0v) is 21.2. The Kier molecular flexibility index (Phi) is 6.64. The summed E-state index contributed by atoms with van der Waals surface area (Å²) in [5.41, 5.74) is 5.28. The first-order valence-corrected chi connectivity index (χ1v) is 12.1. The van der Waals surface area contributed by atoms with E-state index in [1.165, 1.54) is 22.4 Å². The Morgan fingerprint density at radius 3 is 2.31 bits per heavy atom. The summed E-state index contributed by atoms with van der Waals surface area (Å²) < 4.78 is 9.36. The number of benzene rings is 3. The van der Waals surface area contributed by atoms with Gasteiger partial charge in [-0.25, -0.2) is 0 Å². The van der Waals surface area contributed by atoms with Gasteiger partial charge in [-0.3, -0.25) is 0 Å². The molecule has 168 valence electrons. The van der Waals surface area contributed by atoms with E-state index in [2.05, 4.69) is 127 Å². The highest BCUT2D eigenvalue weighted by atomic mass is 79.9. The number of ether oxygens (including phenoxy) is 1. The van der Waals surface area contributed by atoms with E-state index in [1.54, 1.807) is 0 Å². The summed E-state index contributed by atoms with van der Waals surface area (Å²) in [6, 6.07) is 28.1. The van der Waals surface area contributed by atoms with Crippen LogP contribution in [-0.4, -0.2) is 37.3 Å². The Bertz CT molecular complexity index is 1030. The molecule has 1 atom stereocenters. The van der Waals surface area contributed by atoms with Gasteiger partial charge in [0, 0.05) is 23.1 Å². The molecule has 0 radical (unpaired) electrons. The highest BCUT2D eigenvalue weighted by molar-refractivity contribution is 9.10. The maximum atomic E-state index is 6.24. The van der Waals surface area contributed by atoms with Crippen molar-refractivity contribution < 1.29 is 9.22 Å². The van der Waals surface area contributed by atoms with Gasteiger partial charge in [-0.05, 0) is 37.5 Å². The molecular formula is C28H34BrN2O+. The van der Waals surface area contributed by atoms with Crippen LogP contribution >= 0.6 is 16.1 Å². The summed E-state index contributed by atoms with van der Waals surface area (Å²) >= 11 is 3.85. The van der Waals surface area contributed by atoms with Crippen LogP contribution in [0.2, 0.25) is 0 Å². The quantitative estimate of drug-likeness (QED) is 0.265. The number of hydrogen-bond donors (Lipinski definition) is 0. The Hall–Kier alpha value is -2.30. The number of quaternary nitrogens is 1. The fraction of sp³-hybridized carbons (Fsp3) is 0.357. The molecule has 0 amide bonds. The predicted molar refractivity (Wildman–Crippen MR) is 137 cm³/mol. The summed E-state index contributed by atoms with van der Waals surface area (Å²) in [6.45, 7) is 7.21. The Morgan fingerprint density at radius 1 is 0.969 bits per heavy atom. The highest BCUT2D eigenvalue weighted by Crippen LogP contribution is 2.48. The predicted octanol–water partition coefficient (Wildman–Crippen LogP) is 6.77. The maximum Gasteiger partial charge on any atom is 0.137 e. The number of fused-ring (bicyclic) bond motifs is 1. The largest absolute Gasteiger partial charge is 0.488 e. The molecule has 32 heavy (non-hydrogen) atoms. The van der Waals surface area contributed by atoms with Gasteiger partial charge in [0.15, 0.2) is 0 Å².